The highest BCUT2D eigenvalue weighted by molar-refractivity contribution is 5.94. The number of nitrogens with zero attached hydrogens (tertiary/aromatic N) is 4. The van der Waals surface area contributed by atoms with E-state index in [9.17, 15) is 29.6 Å². The van der Waals surface area contributed by atoms with Crippen molar-refractivity contribution in [2.75, 3.05) is 20.1 Å². The molecule has 0 bridgehead atoms. The van der Waals surface area contributed by atoms with Gasteiger partial charge in [0.1, 0.15) is 0 Å². The second-order valence-corrected chi connectivity index (χ2v) is 7.54. The Morgan fingerprint density at radius 1 is 1.27 bits per heavy atom. The highest BCUT2D eigenvalue weighted by Crippen LogP contribution is 2.35. The molecule has 1 aliphatic rings. The zero-order valence-electron chi connectivity index (χ0n) is 18.1. The van der Waals surface area contributed by atoms with Crippen molar-refractivity contribution in [2.24, 2.45) is 0 Å². The van der Waals surface area contributed by atoms with Crippen molar-refractivity contribution >= 4 is 23.6 Å². The van der Waals surface area contributed by atoms with E-state index in [0.29, 0.717) is 24.1 Å². The molecule has 1 unspecified atom stereocenters. The second-order valence-electron chi connectivity index (χ2n) is 7.54. The van der Waals surface area contributed by atoms with Gasteiger partial charge in [-0.05, 0) is 31.0 Å². The first kappa shape index (κ1) is 23.4. The second kappa shape index (κ2) is 9.90. The maximum Gasteiger partial charge on any atom is 0.335 e. The van der Waals surface area contributed by atoms with Gasteiger partial charge in [0, 0.05) is 55.9 Å². The molecular formula is C22H23N5O6. The molecule has 172 valence electrons. The minimum absolute atomic E-state index is 0.0729. The molecule has 33 heavy (non-hydrogen) atoms. The number of amides is 3. The molecule has 0 spiro atoms. The smallest absolute Gasteiger partial charge is 0.335 e. The number of aromatic nitrogens is 1. The van der Waals surface area contributed by atoms with Gasteiger partial charge in [-0.15, -0.1) is 0 Å². The number of carboxylic acid groups (broad SMARTS) is 1. The zero-order valence-corrected chi connectivity index (χ0v) is 18.1. The highest BCUT2D eigenvalue weighted by atomic mass is 16.6. The van der Waals surface area contributed by atoms with E-state index in [0.717, 1.165) is 0 Å². The summed E-state index contributed by atoms with van der Waals surface area (Å²) in [6, 6.07) is 7.24. The van der Waals surface area contributed by atoms with Crippen LogP contribution in [-0.2, 0) is 4.79 Å². The fourth-order valence-electron chi connectivity index (χ4n) is 3.74. The van der Waals surface area contributed by atoms with Crippen LogP contribution in [0.4, 0.5) is 10.5 Å². The Bertz CT molecular complexity index is 1120. The van der Waals surface area contributed by atoms with Crippen LogP contribution in [0.5, 0.6) is 0 Å². The summed E-state index contributed by atoms with van der Waals surface area (Å²) in [6.07, 6.45) is 3.40. The first-order valence-electron chi connectivity index (χ1n) is 10.1. The number of rotatable bonds is 8. The monoisotopic (exact) mass is 453 g/mol. The van der Waals surface area contributed by atoms with Crippen molar-refractivity contribution in [3.05, 3.63) is 81.3 Å². The number of pyridine rings is 1. The van der Waals surface area contributed by atoms with Gasteiger partial charge in [0.2, 0.25) is 0 Å². The van der Waals surface area contributed by atoms with Crippen LogP contribution in [0.2, 0.25) is 0 Å². The van der Waals surface area contributed by atoms with E-state index in [-0.39, 0.29) is 29.4 Å². The topological polar surface area (TPSA) is 146 Å². The lowest BCUT2D eigenvalue weighted by Crippen LogP contribution is -2.49. The number of hydrogen-bond acceptors (Lipinski definition) is 6. The van der Waals surface area contributed by atoms with Gasteiger partial charge in [0.05, 0.1) is 16.5 Å². The van der Waals surface area contributed by atoms with Crippen molar-refractivity contribution in [1.29, 1.82) is 0 Å². The van der Waals surface area contributed by atoms with Crippen LogP contribution in [0.3, 0.4) is 0 Å². The quantitative estimate of drug-likeness (QED) is 0.461. The molecule has 3 rings (SSSR count). The number of carbonyl (C=O) groups excluding carboxylic acids is 2. The average Bonchev–Trinajstić information content (AvgIpc) is 2.79. The maximum atomic E-state index is 12.8. The average molecular weight is 453 g/mol. The molecule has 0 radical (unpaired) electrons. The van der Waals surface area contributed by atoms with Crippen molar-refractivity contribution in [1.82, 2.24) is 20.1 Å². The molecular weight excluding hydrogens is 430 g/mol. The molecule has 1 aliphatic heterocycles. The van der Waals surface area contributed by atoms with Gasteiger partial charge in [-0.2, -0.15) is 0 Å². The Morgan fingerprint density at radius 2 is 1.97 bits per heavy atom. The Morgan fingerprint density at radius 3 is 2.61 bits per heavy atom. The Hall–Kier alpha value is -4.28. The van der Waals surface area contributed by atoms with Crippen molar-refractivity contribution in [3.8, 4) is 0 Å². The third kappa shape index (κ3) is 5.14. The van der Waals surface area contributed by atoms with Crippen LogP contribution in [-0.4, -0.2) is 62.9 Å². The lowest BCUT2D eigenvalue weighted by atomic mass is 9.93. The summed E-state index contributed by atoms with van der Waals surface area (Å²) in [5, 5.41) is 23.6. The molecule has 0 saturated carbocycles. The van der Waals surface area contributed by atoms with Gasteiger partial charge < -0.3 is 20.2 Å². The predicted octanol–water partition coefficient (Wildman–Crippen LogP) is 2.58. The molecule has 1 aromatic heterocycles. The standard InChI is InChI=1S/C22H23N5O6/c1-14-18(21(29)30)19(16-5-3-6-17(13-16)27(32)33)26(22(31)24-14)12-4-11-25(2)20(28)15-7-9-23-10-8-15/h3,5-10,13,19H,4,11-12H2,1-2H3,(H,24,31)(H,29,30). The van der Waals surface area contributed by atoms with Crippen LogP contribution in [0.25, 0.3) is 0 Å². The molecule has 1 aromatic carbocycles. The number of nitrogens with one attached hydrogen (secondary N) is 1. The Balaban J connectivity index is 1.83. The molecule has 11 heteroatoms. The number of nitro benzene ring substituents is 1. The predicted molar refractivity (Wildman–Crippen MR) is 117 cm³/mol. The first-order chi connectivity index (χ1) is 15.7. The summed E-state index contributed by atoms with van der Waals surface area (Å²) in [7, 11) is 1.63. The molecule has 3 amide bonds. The summed E-state index contributed by atoms with van der Waals surface area (Å²) >= 11 is 0. The van der Waals surface area contributed by atoms with Gasteiger partial charge >= 0.3 is 12.0 Å². The summed E-state index contributed by atoms with van der Waals surface area (Å²) < 4.78 is 0. The van der Waals surface area contributed by atoms with Crippen molar-refractivity contribution < 1.29 is 24.4 Å². The van der Waals surface area contributed by atoms with E-state index in [4.69, 9.17) is 0 Å². The lowest BCUT2D eigenvalue weighted by Gasteiger charge is -2.37. The number of nitro groups is 1. The zero-order chi connectivity index (χ0) is 24.1. The van der Waals surface area contributed by atoms with E-state index in [1.807, 2.05) is 0 Å². The van der Waals surface area contributed by atoms with Gasteiger partial charge in [0.15, 0.2) is 0 Å². The molecule has 0 fully saturated rings. The summed E-state index contributed by atoms with van der Waals surface area (Å²) in [4.78, 5) is 54.7. The SMILES string of the molecule is CC1=C(C(=O)O)C(c2cccc([N+](=O)[O-])c2)N(CCCN(C)C(=O)c2ccncc2)C(=O)N1. The van der Waals surface area contributed by atoms with Crippen LogP contribution >= 0.6 is 0 Å². The number of carbonyl (C=O) groups is 3. The summed E-state index contributed by atoms with van der Waals surface area (Å²) in [5.41, 5.74) is 0.687. The van der Waals surface area contributed by atoms with Gasteiger partial charge in [-0.1, -0.05) is 12.1 Å². The minimum atomic E-state index is -1.24. The summed E-state index contributed by atoms with van der Waals surface area (Å²) in [6.45, 7) is 1.90. The molecule has 0 aliphatic carbocycles. The number of benzene rings is 1. The third-order valence-electron chi connectivity index (χ3n) is 5.34. The number of hydrogen-bond donors (Lipinski definition) is 2. The van der Waals surface area contributed by atoms with E-state index < -0.39 is 23.0 Å². The number of carboxylic acids is 1. The first-order valence-corrected chi connectivity index (χ1v) is 10.1. The minimum Gasteiger partial charge on any atom is -0.478 e. The van der Waals surface area contributed by atoms with Crippen LogP contribution in [0.15, 0.2) is 60.1 Å². The fraction of sp³-hybridized carbons (Fsp3) is 0.273. The van der Waals surface area contributed by atoms with E-state index >= 15 is 0 Å². The van der Waals surface area contributed by atoms with E-state index in [1.165, 1.54) is 47.3 Å². The third-order valence-corrected chi connectivity index (χ3v) is 5.34. The number of non-ortho nitro benzene ring substituents is 1. The lowest BCUT2D eigenvalue weighted by molar-refractivity contribution is -0.384. The van der Waals surface area contributed by atoms with E-state index in [2.05, 4.69) is 10.3 Å². The Kier molecular flexibility index (Phi) is 7.01. The van der Waals surface area contributed by atoms with E-state index in [1.54, 1.807) is 25.2 Å². The highest BCUT2D eigenvalue weighted by Gasteiger charge is 2.38. The largest absolute Gasteiger partial charge is 0.478 e. The van der Waals surface area contributed by atoms with Gasteiger partial charge in [-0.25, -0.2) is 9.59 Å². The van der Waals surface area contributed by atoms with Crippen molar-refractivity contribution in [3.63, 3.8) is 0 Å². The number of allylic oxidation sites excluding steroid dienone is 1. The molecule has 1 atom stereocenters. The van der Waals surface area contributed by atoms with Crippen LogP contribution in [0.1, 0.15) is 35.3 Å². The van der Waals surface area contributed by atoms with Gasteiger partial charge in [0.25, 0.3) is 11.6 Å². The Labute approximate surface area is 189 Å². The molecule has 2 N–H and O–H groups in total. The molecule has 2 aromatic rings. The number of urea groups is 1. The maximum absolute atomic E-state index is 12.8. The normalized spacial score (nSPS) is 15.8. The number of aliphatic carboxylic acids is 1. The fourth-order valence-corrected chi connectivity index (χ4v) is 3.74. The van der Waals surface area contributed by atoms with Crippen LogP contribution in [0, 0.1) is 10.1 Å². The summed E-state index contributed by atoms with van der Waals surface area (Å²) in [5.74, 6) is -1.45. The molecule has 11 nitrogen and oxygen atoms in total. The molecule has 2 heterocycles. The van der Waals surface area contributed by atoms with Crippen molar-refractivity contribution in [2.45, 2.75) is 19.4 Å². The van der Waals surface area contributed by atoms with Gasteiger partial charge in [-0.3, -0.25) is 19.9 Å². The van der Waals surface area contributed by atoms with Crippen LogP contribution < -0.4 is 5.32 Å². The molecule has 0 saturated heterocycles.